The lowest BCUT2D eigenvalue weighted by Gasteiger charge is -2.06. The molecule has 5 nitrogen and oxygen atoms in total. The Balaban J connectivity index is 2.75. The monoisotopic (exact) mass is 277 g/mol. The zero-order chi connectivity index (χ0) is 15.0. The summed E-state index contributed by atoms with van der Waals surface area (Å²) in [7, 11) is 0. The minimum absolute atomic E-state index is 0.155. The first kappa shape index (κ1) is 15.8. The van der Waals surface area contributed by atoms with Crippen molar-refractivity contribution in [3.05, 3.63) is 35.5 Å². The lowest BCUT2D eigenvalue weighted by Crippen LogP contribution is -2.24. The second-order valence-electron chi connectivity index (χ2n) is 4.32. The minimum atomic E-state index is -1.18. The van der Waals surface area contributed by atoms with Crippen LogP contribution in [0.25, 0.3) is 6.08 Å². The number of hydrogen-bond donors (Lipinski definition) is 2. The topological polar surface area (TPSA) is 75.6 Å². The van der Waals surface area contributed by atoms with Crippen molar-refractivity contribution in [2.75, 3.05) is 6.61 Å². The first-order chi connectivity index (χ1) is 9.52. The summed E-state index contributed by atoms with van der Waals surface area (Å²) in [5, 5.41) is 11.2. The standard InChI is InChI=1S/C15H19NO4/c1-3-4-9-20-13-7-5-12(6-8-13)10-14(15(18)19)16-11(2)17/h5-8,10H,3-4,9H2,1-2H3,(H,16,17)(H,18,19)/b14-10-. The van der Waals surface area contributed by atoms with Gasteiger partial charge in [0.05, 0.1) is 6.61 Å². The van der Waals surface area contributed by atoms with Crippen LogP contribution in [0.5, 0.6) is 5.75 Å². The lowest BCUT2D eigenvalue weighted by molar-refractivity contribution is -0.134. The maximum atomic E-state index is 11.0. The number of hydrogen-bond acceptors (Lipinski definition) is 3. The zero-order valence-corrected chi connectivity index (χ0v) is 11.7. The minimum Gasteiger partial charge on any atom is -0.494 e. The van der Waals surface area contributed by atoms with Crippen LogP contribution in [-0.4, -0.2) is 23.6 Å². The predicted octanol–water partition coefficient (Wildman–Crippen LogP) is 2.43. The summed E-state index contributed by atoms with van der Waals surface area (Å²) >= 11 is 0. The molecule has 0 fully saturated rings. The number of nitrogens with one attached hydrogen (secondary N) is 1. The van der Waals surface area contributed by atoms with Crippen LogP contribution in [0.3, 0.4) is 0 Å². The van der Waals surface area contributed by atoms with Gasteiger partial charge in [-0.2, -0.15) is 0 Å². The molecular weight excluding hydrogens is 258 g/mol. The number of unbranched alkanes of at least 4 members (excludes halogenated alkanes) is 1. The van der Waals surface area contributed by atoms with Crippen molar-refractivity contribution >= 4 is 18.0 Å². The fraction of sp³-hybridized carbons (Fsp3) is 0.333. The van der Waals surface area contributed by atoms with E-state index >= 15 is 0 Å². The molecule has 1 rings (SSSR count). The van der Waals surface area contributed by atoms with Crippen LogP contribution in [0.15, 0.2) is 30.0 Å². The van der Waals surface area contributed by atoms with E-state index in [-0.39, 0.29) is 5.70 Å². The third-order valence-corrected chi connectivity index (χ3v) is 2.50. The Morgan fingerprint density at radius 2 is 1.95 bits per heavy atom. The molecule has 0 radical (unpaired) electrons. The van der Waals surface area contributed by atoms with Gasteiger partial charge in [-0.1, -0.05) is 25.5 Å². The van der Waals surface area contributed by atoms with Crippen LogP contribution in [0.4, 0.5) is 0 Å². The van der Waals surface area contributed by atoms with Crippen molar-refractivity contribution in [1.29, 1.82) is 0 Å². The molecule has 0 aliphatic heterocycles. The molecule has 1 aromatic rings. The van der Waals surface area contributed by atoms with Gasteiger partial charge >= 0.3 is 5.97 Å². The quantitative estimate of drug-likeness (QED) is 0.593. The fourth-order valence-corrected chi connectivity index (χ4v) is 1.50. The van der Waals surface area contributed by atoms with Crippen LogP contribution in [0, 0.1) is 0 Å². The summed E-state index contributed by atoms with van der Waals surface area (Å²) < 4.78 is 5.51. The maximum Gasteiger partial charge on any atom is 0.352 e. The molecule has 0 bridgehead atoms. The average Bonchev–Trinajstić information content (AvgIpc) is 2.39. The van der Waals surface area contributed by atoms with Gasteiger partial charge in [-0.05, 0) is 30.2 Å². The Morgan fingerprint density at radius 1 is 1.30 bits per heavy atom. The summed E-state index contributed by atoms with van der Waals surface area (Å²) in [6.07, 6.45) is 3.46. The SMILES string of the molecule is CCCCOc1ccc(/C=C(\NC(C)=O)C(=O)O)cc1. The highest BCUT2D eigenvalue weighted by molar-refractivity contribution is 5.96. The molecular formula is C15H19NO4. The van der Waals surface area contributed by atoms with Gasteiger partial charge in [0.1, 0.15) is 11.4 Å². The molecule has 108 valence electrons. The van der Waals surface area contributed by atoms with E-state index in [1.807, 2.05) is 0 Å². The molecule has 2 N–H and O–H groups in total. The molecule has 5 heteroatoms. The summed E-state index contributed by atoms with van der Waals surface area (Å²) in [5.41, 5.74) is 0.524. The molecule has 0 atom stereocenters. The zero-order valence-electron chi connectivity index (χ0n) is 11.7. The molecule has 0 saturated heterocycles. The van der Waals surface area contributed by atoms with E-state index in [0.29, 0.717) is 12.2 Å². The number of carbonyl (C=O) groups excluding carboxylic acids is 1. The number of amides is 1. The molecule has 0 saturated carbocycles. The van der Waals surface area contributed by atoms with Crippen molar-refractivity contribution in [2.45, 2.75) is 26.7 Å². The van der Waals surface area contributed by atoms with Crippen LogP contribution < -0.4 is 10.1 Å². The number of ether oxygens (including phenoxy) is 1. The van der Waals surface area contributed by atoms with E-state index in [0.717, 1.165) is 18.6 Å². The third kappa shape index (κ3) is 5.56. The highest BCUT2D eigenvalue weighted by atomic mass is 16.5. The van der Waals surface area contributed by atoms with Gasteiger partial charge in [0.2, 0.25) is 5.91 Å². The van der Waals surface area contributed by atoms with Crippen LogP contribution in [0.2, 0.25) is 0 Å². The lowest BCUT2D eigenvalue weighted by atomic mass is 10.2. The number of carbonyl (C=O) groups is 2. The molecule has 0 aromatic heterocycles. The van der Waals surface area contributed by atoms with Gasteiger partial charge in [0.25, 0.3) is 0 Å². The van der Waals surface area contributed by atoms with Gasteiger partial charge in [0.15, 0.2) is 0 Å². The summed E-state index contributed by atoms with van der Waals surface area (Å²) in [6.45, 7) is 4.02. The second-order valence-corrected chi connectivity index (χ2v) is 4.32. The van der Waals surface area contributed by atoms with Crippen molar-refractivity contribution in [2.24, 2.45) is 0 Å². The fourth-order valence-electron chi connectivity index (χ4n) is 1.50. The van der Waals surface area contributed by atoms with Crippen molar-refractivity contribution in [3.8, 4) is 5.75 Å². The predicted molar refractivity (Wildman–Crippen MR) is 76.3 cm³/mol. The van der Waals surface area contributed by atoms with Crippen molar-refractivity contribution in [3.63, 3.8) is 0 Å². The average molecular weight is 277 g/mol. The number of benzene rings is 1. The second kappa shape index (κ2) is 7.99. The first-order valence-electron chi connectivity index (χ1n) is 6.48. The molecule has 0 aliphatic rings. The Hall–Kier alpha value is -2.30. The summed E-state index contributed by atoms with van der Waals surface area (Å²) in [6, 6.07) is 7.03. The third-order valence-electron chi connectivity index (χ3n) is 2.50. The van der Waals surface area contributed by atoms with E-state index in [9.17, 15) is 9.59 Å². The van der Waals surface area contributed by atoms with E-state index in [1.54, 1.807) is 24.3 Å². The van der Waals surface area contributed by atoms with Crippen LogP contribution >= 0.6 is 0 Å². The molecule has 1 aromatic carbocycles. The number of rotatable bonds is 7. The number of carboxylic acid groups (broad SMARTS) is 1. The summed E-state index contributed by atoms with van der Waals surface area (Å²) in [5.74, 6) is -0.853. The number of aliphatic carboxylic acids is 1. The van der Waals surface area contributed by atoms with Crippen LogP contribution in [-0.2, 0) is 9.59 Å². The van der Waals surface area contributed by atoms with E-state index in [4.69, 9.17) is 9.84 Å². The Morgan fingerprint density at radius 3 is 2.45 bits per heavy atom. The normalized spacial score (nSPS) is 11.0. The molecule has 0 unspecified atom stereocenters. The molecule has 0 heterocycles. The highest BCUT2D eigenvalue weighted by Crippen LogP contribution is 2.14. The van der Waals surface area contributed by atoms with E-state index in [2.05, 4.69) is 12.2 Å². The molecule has 0 aliphatic carbocycles. The first-order valence-corrected chi connectivity index (χ1v) is 6.48. The Kier molecular flexibility index (Phi) is 6.29. The molecule has 20 heavy (non-hydrogen) atoms. The van der Waals surface area contributed by atoms with Gasteiger partial charge < -0.3 is 15.2 Å². The molecule has 1 amide bonds. The summed E-state index contributed by atoms with van der Waals surface area (Å²) in [4.78, 5) is 21.9. The van der Waals surface area contributed by atoms with Crippen molar-refractivity contribution in [1.82, 2.24) is 5.32 Å². The van der Waals surface area contributed by atoms with E-state index < -0.39 is 11.9 Å². The maximum absolute atomic E-state index is 11.0. The molecule has 0 spiro atoms. The van der Waals surface area contributed by atoms with E-state index in [1.165, 1.54) is 13.0 Å². The Labute approximate surface area is 118 Å². The number of carboxylic acids is 1. The largest absolute Gasteiger partial charge is 0.494 e. The van der Waals surface area contributed by atoms with Crippen molar-refractivity contribution < 1.29 is 19.4 Å². The highest BCUT2D eigenvalue weighted by Gasteiger charge is 2.08. The van der Waals surface area contributed by atoms with Gasteiger partial charge in [-0.25, -0.2) is 4.79 Å². The van der Waals surface area contributed by atoms with Gasteiger partial charge in [0, 0.05) is 6.92 Å². The van der Waals surface area contributed by atoms with Gasteiger partial charge in [-0.3, -0.25) is 4.79 Å². The van der Waals surface area contributed by atoms with Gasteiger partial charge in [-0.15, -0.1) is 0 Å². The van der Waals surface area contributed by atoms with Crippen LogP contribution in [0.1, 0.15) is 32.3 Å². The smallest absolute Gasteiger partial charge is 0.352 e. The Bertz CT molecular complexity index is 491.